The molecule has 2 N–H and O–H groups in total. The molecule has 0 spiro atoms. The van der Waals surface area contributed by atoms with E-state index in [0.717, 1.165) is 46.4 Å². The first-order chi connectivity index (χ1) is 13.0. The summed E-state index contributed by atoms with van der Waals surface area (Å²) in [6.07, 6.45) is 1.93. The molecule has 3 aromatic rings. The highest BCUT2D eigenvalue weighted by molar-refractivity contribution is 5.96. The number of benzene rings is 2. The monoisotopic (exact) mass is 361 g/mol. The predicted molar refractivity (Wildman–Crippen MR) is 108 cm³/mol. The van der Waals surface area contributed by atoms with Crippen LogP contribution in [0.25, 0.3) is 10.9 Å². The molecule has 138 valence electrons. The van der Waals surface area contributed by atoms with E-state index in [2.05, 4.69) is 16.7 Å². The van der Waals surface area contributed by atoms with E-state index in [1.54, 1.807) is 0 Å². The Kier molecular flexibility index (Phi) is 4.44. The fraction of sp³-hybridized carbons (Fsp3) is 0.273. The average molecular weight is 361 g/mol. The van der Waals surface area contributed by atoms with Crippen LogP contribution in [0, 0.1) is 19.8 Å². The third kappa shape index (κ3) is 3.72. The second-order valence-corrected chi connectivity index (χ2v) is 7.27. The lowest BCUT2D eigenvalue weighted by Gasteiger charge is -2.13. The van der Waals surface area contributed by atoms with Crippen molar-refractivity contribution in [2.45, 2.75) is 33.2 Å². The number of carbonyl (C=O) groups is 2. The first-order valence-corrected chi connectivity index (χ1v) is 9.27. The van der Waals surface area contributed by atoms with Gasteiger partial charge in [0, 0.05) is 28.5 Å². The molecule has 1 aliphatic rings. The lowest BCUT2D eigenvalue weighted by molar-refractivity contribution is -0.117. The zero-order valence-electron chi connectivity index (χ0n) is 15.6. The van der Waals surface area contributed by atoms with Crippen molar-refractivity contribution in [2.24, 2.45) is 5.92 Å². The third-order valence-corrected chi connectivity index (χ3v) is 5.05. The average Bonchev–Trinajstić information content (AvgIpc) is 3.44. The maximum atomic E-state index is 12.7. The molecule has 0 atom stereocenters. The van der Waals surface area contributed by atoms with Crippen LogP contribution in [0.4, 0.5) is 11.4 Å². The summed E-state index contributed by atoms with van der Waals surface area (Å²) in [4.78, 5) is 24.6. The van der Waals surface area contributed by atoms with Crippen LogP contribution >= 0.6 is 0 Å². The molecule has 1 fully saturated rings. The molecule has 1 aromatic heterocycles. The zero-order valence-corrected chi connectivity index (χ0v) is 15.6. The molecule has 1 saturated carbocycles. The molecular weight excluding hydrogens is 338 g/mol. The van der Waals surface area contributed by atoms with Crippen LogP contribution in [0.15, 0.2) is 48.5 Å². The summed E-state index contributed by atoms with van der Waals surface area (Å²) in [5.41, 5.74) is 4.50. The molecule has 2 amide bonds. The van der Waals surface area contributed by atoms with Gasteiger partial charge in [-0.3, -0.25) is 9.59 Å². The Bertz CT molecular complexity index is 1030. The number of nitrogens with zero attached hydrogens (tertiary/aromatic N) is 1. The van der Waals surface area contributed by atoms with Crippen molar-refractivity contribution >= 4 is 34.1 Å². The number of carbonyl (C=O) groups excluding carboxylic acids is 2. The van der Waals surface area contributed by atoms with Crippen LogP contribution in [-0.2, 0) is 16.1 Å². The lowest BCUT2D eigenvalue weighted by atomic mass is 10.1. The summed E-state index contributed by atoms with van der Waals surface area (Å²) in [5.74, 6) is 0.119. The van der Waals surface area contributed by atoms with Gasteiger partial charge in [-0.25, -0.2) is 0 Å². The predicted octanol–water partition coefficient (Wildman–Crippen LogP) is 4.25. The van der Waals surface area contributed by atoms with Crippen LogP contribution in [0.2, 0.25) is 0 Å². The van der Waals surface area contributed by atoms with Crippen LogP contribution in [-0.4, -0.2) is 16.4 Å². The lowest BCUT2D eigenvalue weighted by Crippen LogP contribution is -2.20. The first kappa shape index (κ1) is 17.3. The molecule has 1 aliphatic carbocycles. The normalized spacial score (nSPS) is 13.6. The van der Waals surface area contributed by atoms with Gasteiger partial charge < -0.3 is 15.2 Å². The Morgan fingerprint density at radius 2 is 1.81 bits per heavy atom. The number of rotatable bonds is 5. The molecule has 0 aliphatic heterocycles. The quantitative estimate of drug-likeness (QED) is 0.714. The summed E-state index contributed by atoms with van der Waals surface area (Å²) >= 11 is 0. The smallest absolute Gasteiger partial charge is 0.244 e. The van der Waals surface area contributed by atoms with Gasteiger partial charge in [-0.05, 0) is 61.9 Å². The Balaban J connectivity index is 1.50. The standard InChI is InChI=1S/C22H23N3O2/c1-14-7-10-18(23-22(27)16-8-9-16)12-19(14)24-21(26)13-25-15(2)11-17-5-3-4-6-20(17)25/h3-7,10-12,16H,8-9,13H2,1-2H3,(H,23,27)(H,24,26). The number of nitrogens with one attached hydrogen (secondary N) is 2. The maximum Gasteiger partial charge on any atom is 0.244 e. The highest BCUT2D eigenvalue weighted by atomic mass is 16.2. The van der Waals surface area contributed by atoms with E-state index in [9.17, 15) is 9.59 Å². The largest absolute Gasteiger partial charge is 0.335 e. The number of fused-ring (bicyclic) bond motifs is 1. The summed E-state index contributed by atoms with van der Waals surface area (Å²) in [7, 11) is 0. The van der Waals surface area contributed by atoms with Gasteiger partial charge in [0.25, 0.3) is 0 Å². The summed E-state index contributed by atoms with van der Waals surface area (Å²) in [6, 6.07) is 15.7. The molecule has 0 radical (unpaired) electrons. The highest BCUT2D eigenvalue weighted by Gasteiger charge is 2.29. The molecule has 4 rings (SSSR count). The number of aryl methyl sites for hydroxylation is 2. The Hall–Kier alpha value is -3.08. The number of hydrogen-bond acceptors (Lipinski definition) is 2. The molecule has 0 unspecified atom stereocenters. The third-order valence-electron chi connectivity index (χ3n) is 5.05. The number of aromatic nitrogens is 1. The van der Waals surface area contributed by atoms with Crippen molar-refractivity contribution in [1.29, 1.82) is 0 Å². The molecule has 0 bridgehead atoms. The fourth-order valence-electron chi connectivity index (χ4n) is 3.32. The van der Waals surface area contributed by atoms with Gasteiger partial charge in [-0.1, -0.05) is 24.3 Å². The van der Waals surface area contributed by atoms with Gasteiger partial charge in [0.15, 0.2) is 0 Å². The van der Waals surface area contributed by atoms with E-state index in [0.29, 0.717) is 0 Å². The van der Waals surface area contributed by atoms with Crippen LogP contribution in [0.5, 0.6) is 0 Å². The van der Waals surface area contributed by atoms with E-state index >= 15 is 0 Å². The second kappa shape index (κ2) is 6.91. The van der Waals surface area contributed by atoms with E-state index < -0.39 is 0 Å². The van der Waals surface area contributed by atoms with Gasteiger partial charge in [-0.15, -0.1) is 0 Å². The van der Waals surface area contributed by atoms with Crippen molar-refractivity contribution in [2.75, 3.05) is 10.6 Å². The number of amides is 2. The van der Waals surface area contributed by atoms with Crippen molar-refractivity contribution in [3.63, 3.8) is 0 Å². The van der Waals surface area contributed by atoms with Gasteiger partial charge in [-0.2, -0.15) is 0 Å². The SMILES string of the molecule is Cc1ccc(NC(=O)C2CC2)cc1NC(=O)Cn1c(C)cc2ccccc21. The molecule has 2 aromatic carbocycles. The van der Waals surface area contributed by atoms with Crippen molar-refractivity contribution in [3.8, 4) is 0 Å². The number of anilines is 2. The topological polar surface area (TPSA) is 63.1 Å². The van der Waals surface area contributed by atoms with E-state index in [-0.39, 0.29) is 24.3 Å². The fourth-order valence-corrected chi connectivity index (χ4v) is 3.32. The molecule has 27 heavy (non-hydrogen) atoms. The molecular formula is C22H23N3O2. The number of hydrogen-bond donors (Lipinski definition) is 2. The minimum Gasteiger partial charge on any atom is -0.335 e. The van der Waals surface area contributed by atoms with Gasteiger partial charge >= 0.3 is 0 Å². The maximum absolute atomic E-state index is 12.7. The van der Waals surface area contributed by atoms with E-state index in [1.165, 1.54) is 0 Å². The minimum atomic E-state index is -0.0896. The summed E-state index contributed by atoms with van der Waals surface area (Å²) in [5, 5.41) is 7.04. The molecule has 5 nitrogen and oxygen atoms in total. The molecule has 5 heteroatoms. The zero-order chi connectivity index (χ0) is 19.0. The first-order valence-electron chi connectivity index (χ1n) is 9.27. The van der Waals surface area contributed by atoms with Crippen molar-refractivity contribution in [1.82, 2.24) is 4.57 Å². The van der Waals surface area contributed by atoms with Gasteiger partial charge in [0.2, 0.25) is 11.8 Å². The van der Waals surface area contributed by atoms with E-state index in [1.807, 2.05) is 60.9 Å². The highest BCUT2D eigenvalue weighted by Crippen LogP contribution is 2.31. The Morgan fingerprint density at radius 3 is 2.59 bits per heavy atom. The number of para-hydroxylation sites is 1. The second-order valence-electron chi connectivity index (χ2n) is 7.27. The van der Waals surface area contributed by atoms with Crippen molar-refractivity contribution < 1.29 is 9.59 Å². The van der Waals surface area contributed by atoms with Gasteiger partial charge in [0.1, 0.15) is 6.54 Å². The minimum absolute atomic E-state index is 0.0607. The van der Waals surface area contributed by atoms with Gasteiger partial charge in [0.05, 0.1) is 0 Å². The summed E-state index contributed by atoms with van der Waals surface area (Å²) < 4.78 is 2.01. The molecule has 1 heterocycles. The van der Waals surface area contributed by atoms with Crippen LogP contribution in [0.3, 0.4) is 0 Å². The van der Waals surface area contributed by atoms with Crippen LogP contribution in [0.1, 0.15) is 24.1 Å². The van der Waals surface area contributed by atoms with Crippen molar-refractivity contribution in [3.05, 3.63) is 59.8 Å². The Labute approximate surface area is 158 Å². The Morgan fingerprint density at radius 1 is 1.04 bits per heavy atom. The molecule has 0 saturated heterocycles. The van der Waals surface area contributed by atoms with Crippen LogP contribution < -0.4 is 10.6 Å². The summed E-state index contributed by atoms with van der Waals surface area (Å²) in [6.45, 7) is 4.20. The van der Waals surface area contributed by atoms with E-state index in [4.69, 9.17) is 0 Å².